The fourth-order valence-electron chi connectivity index (χ4n) is 0.414. The molecule has 1 rings (SSSR count). The fraction of sp³-hybridized carbons (Fsp3) is 0.200. The van der Waals surface area contributed by atoms with Gasteiger partial charge in [0.25, 0.3) is 5.82 Å². The zero-order valence-electron chi connectivity index (χ0n) is 4.47. The summed E-state index contributed by atoms with van der Waals surface area (Å²) in [6.07, 6.45) is 0. The highest BCUT2D eigenvalue weighted by atomic mass is 79.9. The summed E-state index contributed by atoms with van der Waals surface area (Å²) >= 11 is 4.75. The first-order chi connectivity index (χ1) is 4.36. The molecule has 0 atom stereocenters. The van der Waals surface area contributed by atoms with Gasteiger partial charge in [-0.1, -0.05) is 22.5 Å². The minimum absolute atomic E-state index is 0.495. The van der Waals surface area contributed by atoms with Crippen LogP contribution in [0.25, 0.3) is 4.85 Å². The Balaban J connectivity index is 2.90. The predicted molar refractivity (Wildman–Crippen MR) is 41.0 cm³/mol. The molecule has 0 spiro atoms. The van der Waals surface area contributed by atoms with Crippen LogP contribution in [0.3, 0.4) is 0 Å². The third-order valence-electron chi connectivity index (χ3n) is 0.768. The SMILES string of the molecule is [C-]#[N+]c1csc(CBr)n1. The van der Waals surface area contributed by atoms with Gasteiger partial charge in [-0.05, 0) is 0 Å². The number of hydrogen-bond acceptors (Lipinski definition) is 2. The summed E-state index contributed by atoms with van der Waals surface area (Å²) in [5, 5.41) is 3.46. The minimum atomic E-state index is 0.495. The van der Waals surface area contributed by atoms with Gasteiger partial charge in [-0.3, -0.25) is 0 Å². The second-order valence-electron chi connectivity index (χ2n) is 1.34. The molecule has 9 heavy (non-hydrogen) atoms. The molecular weight excluding hydrogens is 200 g/mol. The van der Waals surface area contributed by atoms with Crippen molar-refractivity contribution in [3.05, 3.63) is 21.8 Å². The molecule has 0 saturated heterocycles. The smallest absolute Gasteiger partial charge is 0.280 e. The van der Waals surface area contributed by atoms with Crippen molar-refractivity contribution >= 4 is 33.1 Å². The van der Waals surface area contributed by atoms with Crippen LogP contribution in [0.1, 0.15) is 5.01 Å². The van der Waals surface area contributed by atoms with E-state index in [1.807, 2.05) is 0 Å². The number of hydrogen-bond donors (Lipinski definition) is 0. The van der Waals surface area contributed by atoms with Gasteiger partial charge in [0.1, 0.15) is 0 Å². The normalized spacial score (nSPS) is 8.89. The summed E-state index contributed by atoms with van der Waals surface area (Å²) in [6, 6.07) is 0. The van der Waals surface area contributed by atoms with Gasteiger partial charge in [0.05, 0.1) is 5.33 Å². The Morgan fingerprint density at radius 3 is 3.00 bits per heavy atom. The summed E-state index contributed by atoms with van der Waals surface area (Å²) in [5.41, 5.74) is 0. The number of halogens is 1. The minimum Gasteiger partial charge on any atom is -0.360 e. The van der Waals surface area contributed by atoms with Crippen molar-refractivity contribution in [2.45, 2.75) is 5.33 Å². The maximum atomic E-state index is 6.59. The number of rotatable bonds is 1. The average molecular weight is 203 g/mol. The number of alkyl halides is 1. The molecule has 0 N–H and O–H groups in total. The van der Waals surface area contributed by atoms with Gasteiger partial charge in [0.2, 0.25) is 0 Å². The molecule has 1 aromatic rings. The second kappa shape index (κ2) is 2.95. The van der Waals surface area contributed by atoms with Crippen LogP contribution in [0.15, 0.2) is 5.38 Å². The van der Waals surface area contributed by atoms with Gasteiger partial charge in [0, 0.05) is 5.38 Å². The van der Waals surface area contributed by atoms with Crippen LogP contribution in [0.5, 0.6) is 0 Å². The third-order valence-corrected chi connectivity index (χ3v) is 2.51. The van der Waals surface area contributed by atoms with Crippen LogP contribution in [-0.2, 0) is 5.33 Å². The molecular formula is C5H3BrN2S. The van der Waals surface area contributed by atoms with Crippen molar-refractivity contribution in [1.82, 2.24) is 4.98 Å². The van der Waals surface area contributed by atoms with Gasteiger partial charge in [0.15, 0.2) is 5.01 Å². The van der Waals surface area contributed by atoms with E-state index in [4.69, 9.17) is 6.57 Å². The Bertz CT molecular complexity index is 237. The molecule has 0 fully saturated rings. The van der Waals surface area contributed by atoms with E-state index in [-0.39, 0.29) is 0 Å². The van der Waals surface area contributed by atoms with E-state index in [1.54, 1.807) is 5.38 Å². The zero-order valence-corrected chi connectivity index (χ0v) is 6.87. The van der Waals surface area contributed by atoms with E-state index in [1.165, 1.54) is 11.3 Å². The van der Waals surface area contributed by atoms with E-state index in [0.717, 1.165) is 10.3 Å². The standard InChI is InChI=1S/C5H3BrN2S/c1-7-4-3-9-5(2-6)8-4/h3H,2H2. The van der Waals surface area contributed by atoms with Crippen molar-refractivity contribution in [2.75, 3.05) is 0 Å². The third kappa shape index (κ3) is 1.50. The van der Waals surface area contributed by atoms with Crippen LogP contribution in [0.4, 0.5) is 5.82 Å². The lowest BCUT2D eigenvalue weighted by Gasteiger charge is -1.72. The Labute approximate surface area is 65.5 Å². The molecule has 0 saturated carbocycles. The lowest BCUT2D eigenvalue weighted by atomic mass is 10.8. The highest BCUT2D eigenvalue weighted by Gasteiger charge is 2.00. The quantitative estimate of drug-likeness (QED) is 0.506. The largest absolute Gasteiger partial charge is 0.360 e. The van der Waals surface area contributed by atoms with Gasteiger partial charge in [-0.2, -0.15) is 0 Å². The summed E-state index contributed by atoms with van der Waals surface area (Å²) in [6.45, 7) is 6.59. The lowest BCUT2D eigenvalue weighted by molar-refractivity contribution is 1.30. The molecule has 0 unspecified atom stereocenters. The number of aromatic nitrogens is 1. The van der Waals surface area contributed by atoms with Crippen LogP contribution in [0, 0.1) is 6.57 Å². The molecule has 2 nitrogen and oxygen atoms in total. The van der Waals surface area contributed by atoms with Crippen LogP contribution >= 0.6 is 27.3 Å². The van der Waals surface area contributed by atoms with Crippen molar-refractivity contribution in [1.29, 1.82) is 0 Å². The van der Waals surface area contributed by atoms with Gasteiger partial charge >= 0.3 is 0 Å². The molecule has 4 heteroatoms. The molecule has 0 bridgehead atoms. The molecule has 1 aromatic heterocycles. The first-order valence-electron chi connectivity index (χ1n) is 2.24. The zero-order chi connectivity index (χ0) is 6.69. The molecule has 0 aromatic carbocycles. The van der Waals surface area contributed by atoms with Crippen molar-refractivity contribution in [3.63, 3.8) is 0 Å². The fourth-order valence-corrected chi connectivity index (χ4v) is 1.49. The average Bonchev–Trinajstić information content (AvgIpc) is 2.34. The first-order valence-corrected chi connectivity index (χ1v) is 4.24. The van der Waals surface area contributed by atoms with Crippen LogP contribution in [-0.4, -0.2) is 4.98 Å². The highest BCUT2D eigenvalue weighted by molar-refractivity contribution is 9.08. The topological polar surface area (TPSA) is 17.2 Å². The summed E-state index contributed by atoms with van der Waals surface area (Å²) < 4.78 is 0. The van der Waals surface area contributed by atoms with E-state index in [2.05, 4.69) is 25.8 Å². The molecule has 0 aliphatic rings. The van der Waals surface area contributed by atoms with Crippen molar-refractivity contribution in [3.8, 4) is 0 Å². The van der Waals surface area contributed by atoms with Gasteiger partial charge in [-0.15, -0.1) is 16.3 Å². The number of nitrogens with zero attached hydrogens (tertiary/aromatic N) is 2. The monoisotopic (exact) mass is 202 g/mol. The van der Waals surface area contributed by atoms with Gasteiger partial charge in [-0.25, -0.2) is 0 Å². The van der Waals surface area contributed by atoms with E-state index < -0.39 is 0 Å². The molecule has 46 valence electrons. The molecule has 0 radical (unpaired) electrons. The number of thiazole rings is 1. The first kappa shape index (κ1) is 6.72. The highest BCUT2D eigenvalue weighted by Crippen LogP contribution is 2.18. The molecule has 1 heterocycles. The molecule has 0 aliphatic heterocycles. The van der Waals surface area contributed by atoms with Crippen LogP contribution < -0.4 is 0 Å². The maximum Gasteiger partial charge on any atom is 0.280 e. The maximum absolute atomic E-state index is 6.59. The Kier molecular flexibility index (Phi) is 2.20. The molecule has 0 aliphatic carbocycles. The van der Waals surface area contributed by atoms with Crippen molar-refractivity contribution in [2.24, 2.45) is 0 Å². The Hall–Kier alpha value is -0.400. The Morgan fingerprint density at radius 2 is 2.67 bits per heavy atom. The summed E-state index contributed by atoms with van der Waals surface area (Å²) in [5.74, 6) is 0.495. The molecule has 0 amide bonds. The van der Waals surface area contributed by atoms with Crippen molar-refractivity contribution < 1.29 is 0 Å². The van der Waals surface area contributed by atoms with E-state index in [0.29, 0.717) is 5.82 Å². The van der Waals surface area contributed by atoms with Crippen LogP contribution in [0.2, 0.25) is 0 Å². The van der Waals surface area contributed by atoms with E-state index in [9.17, 15) is 0 Å². The lowest BCUT2D eigenvalue weighted by Crippen LogP contribution is -1.68. The summed E-state index contributed by atoms with van der Waals surface area (Å²) in [4.78, 5) is 7.13. The predicted octanol–water partition coefficient (Wildman–Crippen LogP) is 2.59. The second-order valence-corrected chi connectivity index (χ2v) is 2.85. The van der Waals surface area contributed by atoms with E-state index >= 15 is 0 Å². The Morgan fingerprint density at radius 1 is 1.89 bits per heavy atom. The summed E-state index contributed by atoms with van der Waals surface area (Å²) in [7, 11) is 0. The van der Waals surface area contributed by atoms with Gasteiger partial charge < -0.3 is 4.85 Å².